The van der Waals surface area contributed by atoms with E-state index >= 15 is 0 Å². The summed E-state index contributed by atoms with van der Waals surface area (Å²) in [5.74, 6) is 0. The summed E-state index contributed by atoms with van der Waals surface area (Å²) in [6.07, 6.45) is 7.59. The van der Waals surface area contributed by atoms with Gasteiger partial charge in [-0.2, -0.15) is 6.07 Å². The van der Waals surface area contributed by atoms with Crippen molar-refractivity contribution in [2.75, 3.05) is 0 Å². The monoisotopic (exact) mass is 597 g/mol. The molecule has 0 fully saturated rings. The van der Waals surface area contributed by atoms with Gasteiger partial charge in [-0.05, 0) is 36.1 Å². The minimum atomic E-state index is -1.04. The predicted molar refractivity (Wildman–Crippen MR) is 140 cm³/mol. The Bertz CT molecular complexity index is 1310. The van der Waals surface area contributed by atoms with E-state index in [9.17, 15) is 0 Å². The molecule has 0 spiro atoms. The molecule has 0 amide bonds. The number of halogens is 2. The van der Waals surface area contributed by atoms with Crippen LogP contribution in [0.25, 0.3) is 27.1 Å². The maximum Gasteiger partial charge on any atom is 3.00 e. The molecule has 5 heteroatoms. The van der Waals surface area contributed by atoms with Gasteiger partial charge in [0, 0.05) is 16.7 Å². The van der Waals surface area contributed by atoms with E-state index in [-0.39, 0.29) is 51.0 Å². The van der Waals surface area contributed by atoms with Crippen LogP contribution in [0.2, 0.25) is 13.1 Å². The van der Waals surface area contributed by atoms with Crippen molar-refractivity contribution in [2.45, 2.75) is 58.7 Å². The van der Waals surface area contributed by atoms with Gasteiger partial charge >= 0.3 is 26.2 Å². The summed E-state index contributed by atoms with van der Waals surface area (Å²) in [5, 5.41) is 4.37. The van der Waals surface area contributed by atoms with E-state index in [4.69, 9.17) is 4.42 Å². The number of rotatable bonds is 4. The summed E-state index contributed by atoms with van der Waals surface area (Å²) in [6.45, 7) is 11.6. The van der Waals surface area contributed by atoms with Crippen LogP contribution in [0.5, 0.6) is 0 Å². The molecule has 1 radical (unpaired) electrons. The number of benzene rings is 2. The first-order chi connectivity index (χ1) is 15.4. The van der Waals surface area contributed by atoms with E-state index in [1.807, 2.05) is 12.5 Å². The number of fused-ring (bicyclic) bond motifs is 1. The second kappa shape index (κ2) is 11.9. The third-order valence-corrected chi connectivity index (χ3v) is 11.6. The molecule has 1 atom stereocenters. The molecule has 4 aromatic rings. The van der Waals surface area contributed by atoms with E-state index in [0.717, 1.165) is 5.54 Å². The van der Waals surface area contributed by atoms with Crippen LogP contribution < -0.4 is 24.8 Å². The Kier molecular flexibility index (Phi) is 10.2. The third-order valence-electron chi connectivity index (χ3n) is 7.44. The maximum atomic E-state index is 5.22. The SMILES string of the molecule is CC1=C2c3cocc3C1[Si]2(C)C.CCCCc1ccc(-c2cccc3[cH-]c(C)cc23)cc1.[Cl-].[Cl-].[Zr+3]. The van der Waals surface area contributed by atoms with Crippen LogP contribution in [0.3, 0.4) is 0 Å². The van der Waals surface area contributed by atoms with Crippen molar-refractivity contribution < 1.29 is 55.4 Å². The van der Waals surface area contributed by atoms with Gasteiger partial charge < -0.3 is 29.2 Å². The molecule has 1 aliphatic carbocycles. The second-order valence-electron chi connectivity index (χ2n) is 10.1. The molecule has 3 aliphatic rings. The Labute approximate surface area is 242 Å². The molecule has 1 aromatic heterocycles. The quantitative estimate of drug-likeness (QED) is 0.260. The van der Waals surface area contributed by atoms with Crippen LogP contribution in [0.15, 0.2) is 77.1 Å². The van der Waals surface area contributed by atoms with Crippen molar-refractivity contribution in [3.05, 3.63) is 95.0 Å². The van der Waals surface area contributed by atoms with E-state index in [0.29, 0.717) is 0 Å². The first-order valence-electron chi connectivity index (χ1n) is 11.9. The van der Waals surface area contributed by atoms with Gasteiger partial charge in [-0.3, -0.25) is 0 Å². The smallest absolute Gasteiger partial charge is 1.00 e. The van der Waals surface area contributed by atoms with Gasteiger partial charge in [-0.15, -0.1) is 34.5 Å². The van der Waals surface area contributed by atoms with Crippen molar-refractivity contribution in [1.82, 2.24) is 0 Å². The standard InChI is InChI=1S/C20H21.C10H12OSi.2ClH.Zr/c1-3-4-6-16-9-11-17(12-10-16)19-8-5-7-18-13-15(2)14-20(18)19;1-6-9-7-4-11-5-8(7)10(6)12(9,2)3;;;/h5,7-14H,3-4,6H2,1-2H3;4-5,9H,1-3H3;2*1H;/q-1;;;;+3/p-2. The molecular weight excluding hydrogens is 567 g/mol. The zero-order valence-corrected chi connectivity index (χ0v) is 26.2. The van der Waals surface area contributed by atoms with Crippen molar-refractivity contribution >= 4 is 24.0 Å². The summed E-state index contributed by atoms with van der Waals surface area (Å²) in [5.41, 5.74) is 10.7. The van der Waals surface area contributed by atoms with Crippen molar-refractivity contribution in [2.24, 2.45) is 0 Å². The number of unbranched alkanes of at least 4 members (excludes halogenated alkanes) is 1. The van der Waals surface area contributed by atoms with Gasteiger partial charge in [0.1, 0.15) is 0 Å². The number of hydrogen-bond acceptors (Lipinski definition) is 1. The van der Waals surface area contributed by atoms with Gasteiger partial charge in [0.25, 0.3) is 0 Å². The van der Waals surface area contributed by atoms with Crippen molar-refractivity contribution in [1.29, 1.82) is 0 Å². The van der Waals surface area contributed by atoms with Crippen LogP contribution in [-0.4, -0.2) is 8.07 Å². The number of furan rings is 1. The molecule has 0 saturated heterocycles. The Hall–Kier alpha value is -1.25. The van der Waals surface area contributed by atoms with Crippen LogP contribution >= 0.6 is 0 Å². The van der Waals surface area contributed by atoms with Gasteiger partial charge in [-0.1, -0.05) is 74.8 Å². The van der Waals surface area contributed by atoms with Crippen LogP contribution in [-0.2, 0) is 32.6 Å². The van der Waals surface area contributed by atoms with E-state index in [1.165, 1.54) is 63.4 Å². The zero-order valence-electron chi connectivity index (χ0n) is 21.2. The van der Waals surface area contributed by atoms with Crippen LogP contribution in [0, 0.1) is 6.92 Å². The van der Waals surface area contributed by atoms with Gasteiger partial charge in [-0.25, -0.2) is 0 Å². The topological polar surface area (TPSA) is 13.1 Å². The molecule has 2 bridgehead atoms. The first-order valence-corrected chi connectivity index (χ1v) is 15.0. The second-order valence-corrected chi connectivity index (χ2v) is 14.6. The molecule has 1 nitrogen and oxygen atoms in total. The zero-order chi connectivity index (χ0) is 22.5. The van der Waals surface area contributed by atoms with E-state index < -0.39 is 8.07 Å². The summed E-state index contributed by atoms with van der Waals surface area (Å²) in [6, 6.07) is 20.2. The van der Waals surface area contributed by atoms with Crippen molar-refractivity contribution in [3.8, 4) is 11.1 Å². The number of allylic oxidation sites excluding steroid dienone is 1. The molecule has 3 heterocycles. The molecule has 35 heavy (non-hydrogen) atoms. The average Bonchev–Trinajstić information content (AvgIpc) is 3.49. The van der Waals surface area contributed by atoms with E-state index in [1.54, 1.807) is 10.8 Å². The summed E-state index contributed by atoms with van der Waals surface area (Å²) in [4.78, 5) is 0. The third kappa shape index (κ3) is 5.26. The van der Waals surface area contributed by atoms with E-state index in [2.05, 4.69) is 88.5 Å². The minimum absolute atomic E-state index is 0. The Balaban J connectivity index is 0.000000249. The molecular formula is C30H33Cl2OSiZr. The summed E-state index contributed by atoms with van der Waals surface area (Å²) >= 11 is 0. The average molecular weight is 600 g/mol. The molecule has 0 saturated carbocycles. The van der Waals surface area contributed by atoms with Crippen LogP contribution in [0.1, 0.15) is 54.5 Å². The first kappa shape index (κ1) is 30.0. The van der Waals surface area contributed by atoms with Gasteiger partial charge in [0.15, 0.2) is 0 Å². The number of hydrogen-bond donors (Lipinski definition) is 0. The molecule has 1 unspecified atom stereocenters. The largest absolute Gasteiger partial charge is 3.00 e. The number of aryl methyl sites for hydroxylation is 2. The van der Waals surface area contributed by atoms with Crippen molar-refractivity contribution in [3.63, 3.8) is 0 Å². The summed E-state index contributed by atoms with van der Waals surface area (Å²) in [7, 11) is -1.04. The minimum Gasteiger partial charge on any atom is -1.00 e. The molecule has 2 aliphatic heterocycles. The predicted octanol–water partition coefficient (Wildman–Crippen LogP) is 2.83. The fraction of sp³-hybridized carbons (Fsp3) is 0.300. The van der Waals surface area contributed by atoms with Gasteiger partial charge in [0.2, 0.25) is 0 Å². The normalized spacial score (nSPS) is 16.2. The maximum absolute atomic E-state index is 5.22. The Morgan fingerprint density at radius 3 is 2.29 bits per heavy atom. The summed E-state index contributed by atoms with van der Waals surface area (Å²) < 4.78 is 5.22. The molecule has 7 rings (SSSR count). The Morgan fingerprint density at radius 1 is 0.943 bits per heavy atom. The van der Waals surface area contributed by atoms with Gasteiger partial charge in [0.05, 0.1) is 20.6 Å². The molecule has 181 valence electrons. The molecule has 3 aromatic carbocycles. The fourth-order valence-electron chi connectivity index (χ4n) is 6.04. The molecule has 0 N–H and O–H groups in total. The van der Waals surface area contributed by atoms with Crippen LogP contribution in [0.4, 0.5) is 0 Å². The fourth-order valence-corrected chi connectivity index (χ4v) is 10.4. The Morgan fingerprint density at radius 2 is 1.66 bits per heavy atom.